The van der Waals surface area contributed by atoms with Gasteiger partial charge < -0.3 is 5.32 Å². The molecule has 0 saturated heterocycles. The first-order chi connectivity index (χ1) is 9.19. The van der Waals surface area contributed by atoms with Gasteiger partial charge in [0.2, 0.25) is 0 Å². The van der Waals surface area contributed by atoms with Crippen molar-refractivity contribution in [2.45, 2.75) is 25.8 Å². The van der Waals surface area contributed by atoms with Gasteiger partial charge in [0.15, 0.2) is 0 Å². The number of nitrogens with one attached hydrogen (secondary N) is 1. The van der Waals surface area contributed by atoms with Crippen molar-refractivity contribution >= 4 is 38.9 Å². The van der Waals surface area contributed by atoms with Gasteiger partial charge in [0.05, 0.1) is 3.79 Å². The Kier molecular flexibility index (Phi) is 5.89. The third-order valence-corrected chi connectivity index (χ3v) is 4.76. The second-order valence-electron chi connectivity index (χ2n) is 4.52. The zero-order valence-corrected chi connectivity index (χ0v) is 14.0. The summed E-state index contributed by atoms with van der Waals surface area (Å²) in [5.41, 5.74) is 2.65. The van der Waals surface area contributed by atoms with E-state index >= 15 is 0 Å². The molecule has 1 aromatic heterocycles. The smallest absolute Gasteiger partial charge is 0.0701 e. The molecule has 1 atom stereocenters. The number of rotatable bonds is 6. The van der Waals surface area contributed by atoms with E-state index in [-0.39, 0.29) is 0 Å². The Balaban J connectivity index is 2.11. The maximum atomic E-state index is 5.93. The summed E-state index contributed by atoms with van der Waals surface area (Å²) in [6.45, 7) is 3.22. The SMILES string of the molecule is CCCNC(Cc1ccc(Cl)cc1)c1csc(Br)c1. The molecule has 0 amide bonds. The monoisotopic (exact) mass is 357 g/mol. The van der Waals surface area contributed by atoms with Crippen molar-refractivity contribution in [2.24, 2.45) is 0 Å². The summed E-state index contributed by atoms with van der Waals surface area (Å²) in [6.07, 6.45) is 2.13. The fraction of sp³-hybridized carbons (Fsp3) is 0.333. The standard InChI is InChI=1S/C15H17BrClNS/c1-2-7-18-14(12-9-15(16)19-10-12)8-11-3-5-13(17)6-4-11/h3-6,9-10,14,18H,2,7-8H2,1H3. The molecule has 1 nitrogen and oxygen atoms in total. The van der Waals surface area contributed by atoms with Gasteiger partial charge in [0, 0.05) is 11.1 Å². The fourth-order valence-electron chi connectivity index (χ4n) is 1.99. The van der Waals surface area contributed by atoms with E-state index in [4.69, 9.17) is 11.6 Å². The van der Waals surface area contributed by atoms with Gasteiger partial charge in [0.1, 0.15) is 0 Å². The van der Waals surface area contributed by atoms with Gasteiger partial charge in [-0.3, -0.25) is 0 Å². The van der Waals surface area contributed by atoms with Gasteiger partial charge in [-0.05, 0) is 70.0 Å². The zero-order chi connectivity index (χ0) is 13.7. The van der Waals surface area contributed by atoms with E-state index in [1.807, 2.05) is 12.1 Å². The molecule has 0 aliphatic rings. The quantitative estimate of drug-likeness (QED) is 0.724. The summed E-state index contributed by atoms with van der Waals surface area (Å²) >= 11 is 11.2. The average molecular weight is 359 g/mol. The van der Waals surface area contributed by atoms with E-state index in [2.05, 4.69) is 51.7 Å². The summed E-state index contributed by atoms with van der Waals surface area (Å²) in [7, 11) is 0. The maximum Gasteiger partial charge on any atom is 0.0701 e. The molecule has 0 bridgehead atoms. The first kappa shape index (κ1) is 15.0. The molecule has 1 unspecified atom stereocenters. The molecular formula is C15H17BrClNS. The molecule has 2 rings (SSSR count). The third-order valence-electron chi connectivity index (χ3n) is 2.98. The van der Waals surface area contributed by atoms with Crippen LogP contribution in [0.25, 0.3) is 0 Å². The number of hydrogen-bond acceptors (Lipinski definition) is 2. The summed E-state index contributed by atoms with van der Waals surface area (Å²) in [5, 5.41) is 6.62. The molecule has 0 aliphatic carbocycles. The van der Waals surface area contributed by atoms with Crippen LogP contribution in [0.15, 0.2) is 39.5 Å². The van der Waals surface area contributed by atoms with Crippen LogP contribution in [0.4, 0.5) is 0 Å². The van der Waals surface area contributed by atoms with Crippen molar-refractivity contribution in [3.8, 4) is 0 Å². The molecule has 1 aromatic carbocycles. The van der Waals surface area contributed by atoms with Crippen LogP contribution in [-0.2, 0) is 6.42 Å². The minimum absolute atomic E-state index is 0.365. The highest BCUT2D eigenvalue weighted by Gasteiger charge is 2.13. The number of halogens is 2. The second-order valence-corrected chi connectivity index (χ2v) is 7.25. The predicted octanol–water partition coefficient (Wildman–Crippen LogP) is 5.45. The molecule has 0 spiro atoms. The molecule has 4 heteroatoms. The van der Waals surface area contributed by atoms with E-state index in [1.54, 1.807) is 11.3 Å². The first-order valence-corrected chi connectivity index (χ1v) is 8.46. The van der Waals surface area contributed by atoms with Gasteiger partial charge in [-0.2, -0.15) is 0 Å². The lowest BCUT2D eigenvalue weighted by molar-refractivity contribution is 0.530. The fourth-order valence-corrected chi connectivity index (χ4v) is 3.34. The van der Waals surface area contributed by atoms with E-state index < -0.39 is 0 Å². The van der Waals surface area contributed by atoms with Crippen LogP contribution < -0.4 is 5.32 Å². The van der Waals surface area contributed by atoms with Gasteiger partial charge >= 0.3 is 0 Å². The highest BCUT2D eigenvalue weighted by molar-refractivity contribution is 9.11. The molecule has 0 aliphatic heterocycles. The van der Waals surface area contributed by atoms with E-state index in [0.717, 1.165) is 24.4 Å². The minimum Gasteiger partial charge on any atom is -0.310 e. The van der Waals surface area contributed by atoms with Crippen LogP contribution in [0, 0.1) is 0 Å². The summed E-state index contributed by atoms with van der Waals surface area (Å²) in [5.74, 6) is 0. The maximum absolute atomic E-state index is 5.93. The topological polar surface area (TPSA) is 12.0 Å². The van der Waals surface area contributed by atoms with Crippen molar-refractivity contribution in [2.75, 3.05) is 6.54 Å². The lowest BCUT2D eigenvalue weighted by Crippen LogP contribution is -2.23. The number of thiophene rings is 1. The Morgan fingerprint density at radius 1 is 1.32 bits per heavy atom. The zero-order valence-electron chi connectivity index (χ0n) is 10.8. The predicted molar refractivity (Wildman–Crippen MR) is 88.2 cm³/mol. The van der Waals surface area contributed by atoms with Crippen LogP contribution in [0.5, 0.6) is 0 Å². The van der Waals surface area contributed by atoms with Crippen LogP contribution in [0.1, 0.15) is 30.5 Å². The Labute approximate surface area is 132 Å². The minimum atomic E-state index is 0.365. The van der Waals surface area contributed by atoms with Crippen molar-refractivity contribution < 1.29 is 0 Å². The highest BCUT2D eigenvalue weighted by Crippen LogP contribution is 2.27. The Morgan fingerprint density at radius 2 is 2.05 bits per heavy atom. The van der Waals surface area contributed by atoms with Crippen molar-refractivity contribution in [1.82, 2.24) is 5.32 Å². The Hall–Kier alpha value is -0.350. The summed E-state index contributed by atoms with van der Waals surface area (Å²) in [4.78, 5) is 0. The molecule has 0 fully saturated rings. The molecule has 0 radical (unpaired) electrons. The molecule has 19 heavy (non-hydrogen) atoms. The Bertz CT molecular complexity index is 509. The number of benzene rings is 1. The number of hydrogen-bond donors (Lipinski definition) is 1. The van der Waals surface area contributed by atoms with Crippen LogP contribution in [0.3, 0.4) is 0 Å². The molecule has 1 N–H and O–H groups in total. The third kappa shape index (κ3) is 4.60. The van der Waals surface area contributed by atoms with E-state index in [1.165, 1.54) is 14.9 Å². The van der Waals surface area contributed by atoms with Crippen molar-refractivity contribution in [3.05, 3.63) is 55.6 Å². The van der Waals surface area contributed by atoms with Crippen molar-refractivity contribution in [3.63, 3.8) is 0 Å². The normalized spacial score (nSPS) is 12.6. The first-order valence-electron chi connectivity index (χ1n) is 6.40. The summed E-state index contributed by atoms with van der Waals surface area (Å²) < 4.78 is 1.18. The van der Waals surface area contributed by atoms with E-state index in [9.17, 15) is 0 Å². The molecular weight excluding hydrogens is 342 g/mol. The molecule has 1 heterocycles. The molecule has 0 saturated carbocycles. The lowest BCUT2D eigenvalue weighted by atomic mass is 10.0. The van der Waals surface area contributed by atoms with Gasteiger partial charge in [-0.15, -0.1) is 11.3 Å². The van der Waals surface area contributed by atoms with Crippen LogP contribution >= 0.6 is 38.9 Å². The Morgan fingerprint density at radius 3 is 2.63 bits per heavy atom. The van der Waals surface area contributed by atoms with Gasteiger partial charge in [0.25, 0.3) is 0 Å². The highest BCUT2D eigenvalue weighted by atomic mass is 79.9. The average Bonchev–Trinajstić information content (AvgIpc) is 2.83. The van der Waals surface area contributed by atoms with Gasteiger partial charge in [-0.25, -0.2) is 0 Å². The lowest BCUT2D eigenvalue weighted by Gasteiger charge is -2.17. The van der Waals surface area contributed by atoms with Gasteiger partial charge in [-0.1, -0.05) is 30.7 Å². The second kappa shape index (κ2) is 7.44. The van der Waals surface area contributed by atoms with E-state index in [0.29, 0.717) is 6.04 Å². The van der Waals surface area contributed by atoms with Crippen molar-refractivity contribution in [1.29, 1.82) is 0 Å². The molecule has 102 valence electrons. The summed E-state index contributed by atoms with van der Waals surface area (Å²) in [6, 6.07) is 10.7. The van der Waals surface area contributed by atoms with Crippen LogP contribution in [0.2, 0.25) is 5.02 Å². The largest absolute Gasteiger partial charge is 0.310 e. The van der Waals surface area contributed by atoms with Crippen LogP contribution in [-0.4, -0.2) is 6.54 Å². The molecule has 2 aromatic rings.